The van der Waals surface area contributed by atoms with Crippen LogP contribution in [-0.2, 0) is 26.0 Å². The number of nitrogens with two attached hydrogens (primary N) is 1. The summed E-state index contributed by atoms with van der Waals surface area (Å²) >= 11 is 6.06. The van der Waals surface area contributed by atoms with Crippen molar-refractivity contribution in [3.8, 4) is 5.75 Å². The fourth-order valence-electron chi connectivity index (χ4n) is 2.87. The molecule has 9 heteroatoms. The highest BCUT2D eigenvalue weighted by atomic mass is 35.5. The van der Waals surface area contributed by atoms with Crippen LogP contribution in [0.25, 0.3) is 0 Å². The third-order valence-corrected chi connectivity index (χ3v) is 5.64. The molecule has 1 amide bonds. The quantitative estimate of drug-likeness (QED) is 0.710. The van der Waals surface area contributed by atoms with Gasteiger partial charge in [-0.05, 0) is 36.2 Å². The normalized spacial score (nSPS) is 16.7. The Morgan fingerprint density at radius 2 is 2.07 bits per heavy atom. The van der Waals surface area contributed by atoms with E-state index in [2.05, 4.69) is 5.32 Å². The second-order valence-electron chi connectivity index (χ2n) is 6.56. The highest BCUT2D eigenvalue weighted by molar-refractivity contribution is 7.89. The van der Waals surface area contributed by atoms with Crippen molar-refractivity contribution in [2.75, 3.05) is 25.1 Å². The Morgan fingerprint density at radius 3 is 2.75 bits per heavy atom. The number of primary sulfonamides is 1. The van der Waals surface area contributed by atoms with Gasteiger partial charge in [-0.2, -0.15) is 0 Å². The van der Waals surface area contributed by atoms with Gasteiger partial charge in [0.1, 0.15) is 10.6 Å². The third kappa shape index (κ3) is 5.45. The molecule has 0 saturated carbocycles. The van der Waals surface area contributed by atoms with Crippen LogP contribution in [0.15, 0.2) is 47.4 Å². The van der Waals surface area contributed by atoms with Crippen LogP contribution < -0.4 is 15.2 Å². The summed E-state index contributed by atoms with van der Waals surface area (Å²) < 4.78 is 34.9. The Morgan fingerprint density at radius 1 is 1.29 bits per heavy atom. The van der Waals surface area contributed by atoms with Crippen molar-refractivity contribution < 1.29 is 22.7 Å². The van der Waals surface area contributed by atoms with E-state index in [4.69, 9.17) is 26.2 Å². The largest absolute Gasteiger partial charge is 0.492 e. The standard InChI is InChI=1S/C19H21ClN2O5S/c20-16-4-2-1-3-14(16)9-19(23)22-15-5-6-17(18(10-15)28(21,24)25)27-12-13-7-8-26-11-13/h1-6,10,13H,7-9,11-12H2,(H,22,23)(H2,21,24,25). The molecule has 1 aliphatic rings. The van der Waals surface area contributed by atoms with E-state index >= 15 is 0 Å². The molecule has 7 nitrogen and oxygen atoms in total. The Kier molecular flexibility index (Phi) is 6.56. The first-order valence-electron chi connectivity index (χ1n) is 8.73. The lowest BCUT2D eigenvalue weighted by Crippen LogP contribution is -2.18. The first kappa shape index (κ1) is 20.6. The fraction of sp³-hybridized carbons (Fsp3) is 0.316. The number of ether oxygens (including phenoxy) is 2. The monoisotopic (exact) mass is 424 g/mol. The van der Waals surface area contributed by atoms with Crippen LogP contribution in [0.3, 0.4) is 0 Å². The number of benzene rings is 2. The summed E-state index contributed by atoms with van der Waals surface area (Å²) in [6.07, 6.45) is 0.922. The number of sulfonamides is 1. The number of halogens is 1. The van der Waals surface area contributed by atoms with Gasteiger partial charge in [0.2, 0.25) is 15.9 Å². The summed E-state index contributed by atoms with van der Waals surface area (Å²) in [4.78, 5) is 12.1. The van der Waals surface area contributed by atoms with E-state index in [0.717, 1.165) is 6.42 Å². The lowest BCUT2D eigenvalue weighted by Gasteiger charge is -2.15. The van der Waals surface area contributed by atoms with Crippen LogP contribution in [0.2, 0.25) is 5.02 Å². The molecular formula is C19H21ClN2O5S. The first-order valence-corrected chi connectivity index (χ1v) is 10.7. The second kappa shape index (κ2) is 8.91. The molecule has 0 aromatic heterocycles. The highest BCUT2D eigenvalue weighted by Gasteiger charge is 2.20. The van der Waals surface area contributed by atoms with Crippen molar-refractivity contribution in [2.24, 2.45) is 11.1 Å². The summed E-state index contributed by atoms with van der Waals surface area (Å²) in [6, 6.07) is 11.4. The molecule has 3 rings (SSSR count). The van der Waals surface area contributed by atoms with Crippen molar-refractivity contribution >= 4 is 33.2 Å². The van der Waals surface area contributed by atoms with Crippen LogP contribution in [-0.4, -0.2) is 34.1 Å². The van der Waals surface area contributed by atoms with Gasteiger partial charge in [0.15, 0.2) is 0 Å². The van der Waals surface area contributed by atoms with Crippen molar-refractivity contribution in [1.29, 1.82) is 0 Å². The highest BCUT2D eigenvalue weighted by Crippen LogP contribution is 2.28. The van der Waals surface area contributed by atoms with Gasteiger partial charge in [-0.3, -0.25) is 4.79 Å². The number of rotatable bonds is 7. The first-order chi connectivity index (χ1) is 13.3. The number of hydrogen-bond acceptors (Lipinski definition) is 5. The summed E-state index contributed by atoms with van der Waals surface area (Å²) in [5.41, 5.74) is 0.977. The second-order valence-corrected chi connectivity index (χ2v) is 8.50. The van der Waals surface area contributed by atoms with Crippen LogP contribution >= 0.6 is 11.6 Å². The number of anilines is 1. The molecule has 150 valence electrons. The number of nitrogens with one attached hydrogen (secondary N) is 1. The fourth-order valence-corrected chi connectivity index (χ4v) is 3.77. The summed E-state index contributed by atoms with van der Waals surface area (Å²) in [5.74, 6) is 0.0343. The van der Waals surface area contributed by atoms with Crippen molar-refractivity contribution in [1.82, 2.24) is 0 Å². The molecule has 1 unspecified atom stereocenters. The molecule has 2 aromatic rings. The number of amides is 1. The molecule has 0 radical (unpaired) electrons. The zero-order valence-electron chi connectivity index (χ0n) is 15.1. The Bertz CT molecular complexity index is 959. The average Bonchev–Trinajstić information content (AvgIpc) is 3.15. The number of carbonyl (C=O) groups excluding carboxylic acids is 1. The maximum absolute atomic E-state index is 12.3. The predicted octanol–water partition coefficient (Wildman–Crippen LogP) is 2.58. The maximum Gasteiger partial charge on any atom is 0.241 e. The van der Waals surface area contributed by atoms with E-state index in [1.54, 1.807) is 30.3 Å². The lowest BCUT2D eigenvalue weighted by atomic mass is 10.1. The van der Waals surface area contributed by atoms with Crippen LogP contribution in [0, 0.1) is 5.92 Å². The topological polar surface area (TPSA) is 108 Å². The molecule has 3 N–H and O–H groups in total. The van der Waals surface area contributed by atoms with Crippen LogP contribution in [0.1, 0.15) is 12.0 Å². The predicted molar refractivity (Wildman–Crippen MR) is 106 cm³/mol. The number of hydrogen-bond donors (Lipinski definition) is 2. The Balaban J connectivity index is 1.72. The summed E-state index contributed by atoms with van der Waals surface area (Å²) in [5, 5.41) is 8.47. The SMILES string of the molecule is NS(=O)(=O)c1cc(NC(=O)Cc2ccccc2Cl)ccc1OCC1CCOC1. The van der Waals surface area contributed by atoms with E-state index in [-0.39, 0.29) is 28.9 Å². The van der Waals surface area contributed by atoms with E-state index in [0.29, 0.717) is 36.1 Å². The molecule has 0 spiro atoms. The summed E-state index contributed by atoms with van der Waals surface area (Å²) in [7, 11) is -4.03. The number of carbonyl (C=O) groups is 1. The molecule has 2 aromatic carbocycles. The Hall–Kier alpha value is -2.13. The molecule has 1 heterocycles. The van der Waals surface area contributed by atoms with Crippen LogP contribution in [0.4, 0.5) is 5.69 Å². The van der Waals surface area contributed by atoms with Crippen molar-refractivity contribution in [3.63, 3.8) is 0 Å². The van der Waals surface area contributed by atoms with Gasteiger partial charge in [-0.25, -0.2) is 13.6 Å². The summed E-state index contributed by atoms with van der Waals surface area (Å²) in [6.45, 7) is 1.59. The molecule has 0 bridgehead atoms. The molecule has 1 aliphatic heterocycles. The molecule has 0 aliphatic carbocycles. The van der Waals surface area contributed by atoms with E-state index in [1.807, 2.05) is 0 Å². The van der Waals surface area contributed by atoms with Gasteiger partial charge in [-0.15, -0.1) is 0 Å². The smallest absolute Gasteiger partial charge is 0.241 e. The van der Waals surface area contributed by atoms with Crippen molar-refractivity contribution in [2.45, 2.75) is 17.7 Å². The van der Waals surface area contributed by atoms with Gasteiger partial charge in [0, 0.05) is 23.2 Å². The lowest BCUT2D eigenvalue weighted by molar-refractivity contribution is -0.115. The van der Waals surface area contributed by atoms with Crippen molar-refractivity contribution in [3.05, 3.63) is 53.1 Å². The molecule has 28 heavy (non-hydrogen) atoms. The van der Waals surface area contributed by atoms with E-state index < -0.39 is 10.0 Å². The van der Waals surface area contributed by atoms with Gasteiger partial charge in [0.25, 0.3) is 0 Å². The average molecular weight is 425 g/mol. The molecule has 1 atom stereocenters. The minimum Gasteiger partial charge on any atom is -0.492 e. The maximum atomic E-state index is 12.3. The van der Waals surface area contributed by atoms with Gasteiger partial charge in [-0.1, -0.05) is 29.8 Å². The van der Waals surface area contributed by atoms with Crippen LogP contribution in [0.5, 0.6) is 5.75 Å². The third-order valence-electron chi connectivity index (χ3n) is 4.34. The Labute approximate surface area is 168 Å². The zero-order valence-corrected chi connectivity index (χ0v) is 16.6. The molecular weight excluding hydrogens is 404 g/mol. The molecule has 1 saturated heterocycles. The van der Waals surface area contributed by atoms with Gasteiger partial charge < -0.3 is 14.8 Å². The zero-order chi connectivity index (χ0) is 20.1. The van der Waals surface area contributed by atoms with Gasteiger partial charge in [0.05, 0.1) is 19.6 Å². The minimum atomic E-state index is -4.03. The van der Waals surface area contributed by atoms with E-state index in [1.165, 1.54) is 12.1 Å². The van der Waals surface area contributed by atoms with Gasteiger partial charge >= 0.3 is 0 Å². The van der Waals surface area contributed by atoms with E-state index in [9.17, 15) is 13.2 Å². The molecule has 1 fully saturated rings. The minimum absolute atomic E-state index is 0.0598.